The van der Waals surface area contributed by atoms with Crippen molar-refractivity contribution in [2.45, 2.75) is 19.9 Å². The van der Waals surface area contributed by atoms with Gasteiger partial charge in [-0.3, -0.25) is 4.79 Å². The maximum atomic E-state index is 10.6. The van der Waals surface area contributed by atoms with Crippen LogP contribution in [0.1, 0.15) is 24.1 Å². The molecule has 1 atom stereocenters. The minimum atomic E-state index is -0.328. The molecule has 0 fully saturated rings. The highest BCUT2D eigenvalue weighted by Gasteiger charge is 2.07. The second-order valence-corrected chi connectivity index (χ2v) is 3.43. The molecule has 76 valence electrons. The zero-order valence-electron chi connectivity index (χ0n) is 8.58. The fraction of sp³-hybridized carbons (Fsp3) is 0.364. The lowest BCUT2D eigenvalue weighted by Crippen LogP contribution is -2.30. The van der Waals surface area contributed by atoms with Crippen molar-refractivity contribution in [2.24, 2.45) is 5.73 Å². The maximum Gasteiger partial charge on any atom is 0.231 e. The summed E-state index contributed by atoms with van der Waals surface area (Å²) < 4.78 is 0. The van der Waals surface area contributed by atoms with Gasteiger partial charge in [-0.2, -0.15) is 0 Å². The quantitative estimate of drug-likeness (QED) is 0.751. The lowest BCUT2D eigenvalue weighted by molar-refractivity contribution is -0.117. The number of rotatable bonds is 4. The Kier molecular flexibility index (Phi) is 3.65. The lowest BCUT2D eigenvalue weighted by atomic mass is 10.0. The van der Waals surface area contributed by atoms with Crippen LogP contribution in [0.4, 0.5) is 0 Å². The van der Waals surface area contributed by atoms with Crippen LogP contribution >= 0.6 is 0 Å². The van der Waals surface area contributed by atoms with E-state index in [2.05, 4.69) is 18.3 Å². The lowest BCUT2D eigenvalue weighted by Gasteiger charge is -2.15. The summed E-state index contributed by atoms with van der Waals surface area (Å²) in [5.41, 5.74) is 7.48. The Morgan fingerprint density at radius 3 is 2.71 bits per heavy atom. The van der Waals surface area contributed by atoms with Gasteiger partial charge in [0.15, 0.2) is 0 Å². The summed E-state index contributed by atoms with van der Waals surface area (Å²) in [6, 6.07) is 8.25. The molecule has 1 aromatic carbocycles. The topological polar surface area (TPSA) is 55.1 Å². The summed E-state index contributed by atoms with van der Waals surface area (Å²) >= 11 is 0. The molecule has 1 amide bonds. The van der Waals surface area contributed by atoms with Crippen LogP contribution in [0.25, 0.3) is 0 Å². The van der Waals surface area contributed by atoms with E-state index in [1.807, 2.05) is 25.1 Å². The van der Waals surface area contributed by atoms with Gasteiger partial charge in [0.05, 0.1) is 6.54 Å². The standard InChI is InChI=1S/C11H16N2O/c1-8-5-3-4-6-10(8)9(2)13-7-11(12)14/h3-6,9,13H,7H2,1-2H3,(H2,12,14)/t9-/m1/s1. The fourth-order valence-corrected chi connectivity index (χ4v) is 1.44. The van der Waals surface area contributed by atoms with E-state index in [0.717, 1.165) is 0 Å². The van der Waals surface area contributed by atoms with Crippen molar-refractivity contribution in [3.8, 4) is 0 Å². The van der Waals surface area contributed by atoms with Gasteiger partial charge in [-0.25, -0.2) is 0 Å². The molecular formula is C11H16N2O. The molecule has 0 aliphatic heterocycles. The Morgan fingerprint density at radius 1 is 1.50 bits per heavy atom. The fourth-order valence-electron chi connectivity index (χ4n) is 1.44. The Labute approximate surface area is 84.3 Å². The van der Waals surface area contributed by atoms with Crippen LogP contribution in [-0.2, 0) is 4.79 Å². The van der Waals surface area contributed by atoms with E-state index >= 15 is 0 Å². The van der Waals surface area contributed by atoms with Crippen molar-refractivity contribution in [3.05, 3.63) is 35.4 Å². The third kappa shape index (κ3) is 2.85. The summed E-state index contributed by atoms with van der Waals surface area (Å²) in [7, 11) is 0. The largest absolute Gasteiger partial charge is 0.369 e. The zero-order chi connectivity index (χ0) is 10.6. The van der Waals surface area contributed by atoms with Crippen LogP contribution in [0.5, 0.6) is 0 Å². The monoisotopic (exact) mass is 192 g/mol. The van der Waals surface area contributed by atoms with E-state index in [9.17, 15) is 4.79 Å². The predicted octanol–water partition coefficient (Wildman–Crippen LogP) is 1.13. The number of carbonyl (C=O) groups excluding carboxylic acids is 1. The van der Waals surface area contributed by atoms with Crippen LogP contribution in [0.2, 0.25) is 0 Å². The minimum absolute atomic E-state index is 0.156. The summed E-state index contributed by atoms with van der Waals surface area (Å²) in [5, 5.41) is 3.06. The first kappa shape index (κ1) is 10.7. The molecule has 0 heterocycles. The van der Waals surface area contributed by atoms with E-state index < -0.39 is 0 Å². The van der Waals surface area contributed by atoms with Crippen LogP contribution < -0.4 is 11.1 Å². The molecule has 3 heteroatoms. The number of aryl methyl sites for hydroxylation is 1. The normalized spacial score (nSPS) is 12.4. The molecule has 0 unspecified atom stereocenters. The smallest absolute Gasteiger partial charge is 0.231 e. The highest BCUT2D eigenvalue weighted by molar-refractivity contribution is 5.75. The molecule has 0 saturated heterocycles. The number of primary amides is 1. The van der Waals surface area contributed by atoms with Gasteiger partial charge in [-0.15, -0.1) is 0 Å². The Balaban J connectivity index is 2.65. The van der Waals surface area contributed by atoms with E-state index in [1.54, 1.807) is 0 Å². The minimum Gasteiger partial charge on any atom is -0.369 e. The molecule has 3 nitrogen and oxygen atoms in total. The van der Waals surface area contributed by atoms with Gasteiger partial charge in [-0.05, 0) is 25.0 Å². The van der Waals surface area contributed by atoms with Crippen molar-refractivity contribution in [2.75, 3.05) is 6.54 Å². The van der Waals surface area contributed by atoms with Gasteiger partial charge in [-0.1, -0.05) is 24.3 Å². The van der Waals surface area contributed by atoms with Gasteiger partial charge >= 0.3 is 0 Å². The first-order chi connectivity index (χ1) is 6.61. The van der Waals surface area contributed by atoms with Crippen molar-refractivity contribution in [1.29, 1.82) is 0 Å². The van der Waals surface area contributed by atoms with Crippen molar-refractivity contribution in [3.63, 3.8) is 0 Å². The number of hydrogen-bond donors (Lipinski definition) is 2. The molecule has 0 saturated carbocycles. The average molecular weight is 192 g/mol. The highest BCUT2D eigenvalue weighted by Crippen LogP contribution is 2.15. The number of hydrogen-bond acceptors (Lipinski definition) is 2. The summed E-state index contributed by atoms with van der Waals surface area (Å²) in [6.45, 7) is 4.29. The van der Waals surface area contributed by atoms with Gasteiger partial charge in [0.1, 0.15) is 0 Å². The summed E-state index contributed by atoms with van der Waals surface area (Å²) in [4.78, 5) is 10.6. The van der Waals surface area contributed by atoms with Gasteiger partial charge in [0, 0.05) is 6.04 Å². The molecule has 0 bridgehead atoms. The molecule has 0 spiro atoms. The Bertz CT molecular complexity index is 323. The highest BCUT2D eigenvalue weighted by atomic mass is 16.1. The molecule has 0 aromatic heterocycles. The third-order valence-corrected chi connectivity index (χ3v) is 2.24. The van der Waals surface area contributed by atoms with E-state index in [4.69, 9.17) is 5.73 Å². The molecule has 1 aromatic rings. The number of amides is 1. The van der Waals surface area contributed by atoms with Gasteiger partial charge in [0.25, 0.3) is 0 Å². The number of benzene rings is 1. The second kappa shape index (κ2) is 4.77. The Hall–Kier alpha value is -1.35. The van der Waals surface area contributed by atoms with Gasteiger partial charge in [0.2, 0.25) is 5.91 Å². The zero-order valence-corrected chi connectivity index (χ0v) is 8.58. The molecule has 1 rings (SSSR count). The molecule has 0 aliphatic rings. The molecule has 3 N–H and O–H groups in total. The summed E-state index contributed by atoms with van der Waals surface area (Å²) in [5.74, 6) is -0.328. The molecule has 14 heavy (non-hydrogen) atoms. The number of nitrogens with one attached hydrogen (secondary N) is 1. The SMILES string of the molecule is Cc1ccccc1[C@@H](C)NCC(N)=O. The third-order valence-electron chi connectivity index (χ3n) is 2.24. The number of nitrogens with two attached hydrogens (primary N) is 1. The second-order valence-electron chi connectivity index (χ2n) is 3.43. The Morgan fingerprint density at radius 2 is 2.14 bits per heavy atom. The number of carbonyl (C=O) groups is 1. The molecular weight excluding hydrogens is 176 g/mol. The first-order valence-electron chi connectivity index (χ1n) is 4.68. The van der Waals surface area contributed by atoms with Crippen molar-refractivity contribution in [1.82, 2.24) is 5.32 Å². The van der Waals surface area contributed by atoms with Crippen molar-refractivity contribution < 1.29 is 4.79 Å². The van der Waals surface area contributed by atoms with E-state index in [0.29, 0.717) is 0 Å². The van der Waals surface area contributed by atoms with Gasteiger partial charge < -0.3 is 11.1 Å². The van der Waals surface area contributed by atoms with Crippen LogP contribution in [0.15, 0.2) is 24.3 Å². The maximum absolute atomic E-state index is 10.6. The van der Waals surface area contributed by atoms with Crippen LogP contribution in [-0.4, -0.2) is 12.5 Å². The predicted molar refractivity (Wildman–Crippen MR) is 56.8 cm³/mol. The molecule has 0 aliphatic carbocycles. The first-order valence-corrected chi connectivity index (χ1v) is 4.68. The average Bonchev–Trinajstić information content (AvgIpc) is 2.15. The van der Waals surface area contributed by atoms with E-state index in [1.165, 1.54) is 11.1 Å². The van der Waals surface area contributed by atoms with Crippen LogP contribution in [0.3, 0.4) is 0 Å². The van der Waals surface area contributed by atoms with Crippen LogP contribution in [0, 0.1) is 6.92 Å². The molecule has 0 radical (unpaired) electrons. The van der Waals surface area contributed by atoms with Crippen molar-refractivity contribution >= 4 is 5.91 Å². The summed E-state index contributed by atoms with van der Waals surface area (Å²) in [6.07, 6.45) is 0. The van der Waals surface area contributed by atoms with E-state index in [-0.39, 0.29) is 18.5 Å².